The Bertz CT molecular complexity index is 730. The van der Waals surface area contributed by atoms with Crippen molar-refractivity contribution in [1.82, 2.24) is 10.2 Å². The van der Waals surface area contributed by atoms with Crippen LogP contribution in [0.15, 0.2) is 35.4 Å². The fourth-order valence-corrected chi connectivity index (χ4v) is 3.24. The molecule has 0 heterocycles. The number of amides is 2. The summed E-state index contributed by atoms with van der Waals surface area (Å²) in [5.41, 5.74) is -1.02. The number of allylic oxidation sites excluding steroid dienone is 3. The van der Waals surface area contributed by atoms with Gasteiger partial charge in [-0.1, -0.05) is 30.3 Å². The van der Waals surface area contributed by atoms with Crippen molar-refractivity contribution in [1.29, 1.82) is 0 Å². The maximum atomic E-state index is 12.9. The molecule has 0 saturated heterocycles. The van der Waals surface area contributed by atoms with Crippen LogP contribution in [0.1, 0.15) is 39.5 Å². The topological polar surface area (TPSA) is 102 Å². The van der Waals surface area contributed by atoms with E-state index in [-0.39, 0.29) is 23.8 Å². The number of halogens is 1. The summed E-state index contributed by atoms with van der Waals surface area (Å²) in [4.78, 5) is 48.8. The first-order valence-corrected chi connectivity index (χ1v) is 9.56. The van der Waals surface area contributed by atoms with Gasteiger partial charge < -0.3 is 14.8 Å². The highest BCUT2D eigenvalue weighted by Crippen LogP contribution is 2.40. The van der Waals surface area contributed by atoms with E-state index in [1.54, 1.807) is 18.2 Å². The fourth-order valence-electron chi connectivity index (χ4n) is 3.01. The number of Topliss-reactive ketones (excluding diaryl/α,β-unsaturated/α-hetero) is 1. The molecule has 1 saturated carbocycles. The van der Waals surface area contributed by atoms with Crippen molar-refractivity contribution < 1.29 is 28.7 Å². The van der Waals surface area contributed by atoms with Gasteiger partial charge in [-0.2, -0.15) is 0 Å². The Labute approximate surface area is 175 Å². The van der Waals surface area contributed by atoms with E-state index >= 15 is 0 Å². The van der Waals surface area contributed by atoms with Crippen molar-refractivity contribution in [2.75, 3.05) is 20.4 Å². The van der Waals surface area contributed by atoms with Crippen molar-refractivity contribution >= 4 is 35.4 Å². The van der Waals surface area contributed by atoms with Gasteiger partial charge in [0.05, 0.1) is 0 Å². The van der Waals surface area contributed by atoms with Gasteiger partial charge >= 0.3 is 12.1 Å². The summed E-state index contributed by atoms with van der Waals surface area (Å²) in [7, 11) is 1.43. The molecule has 2 amide bonds. The van der Waals surface area contributed by atoms with Crippen LogP contribution in [0, 0.1) is 0 Å². The monoisotopic (exact) mass is 426 g/mol. The third kappa shape index (κ3) is 6.45. The summed E-state index contributed by atoms with van der Waals surface area (Å²) in [6.07, 6.45) is 6.31. The Balaban J connectivity index is 2.89. The normalized spacial score (nSPS) is 19.6. The Hall–Kier alpha value is -2.61. The predicted molar refractivity (Wildman–Crippen MR) is 108 cm³/mol. The maximum Gasteiger partial charge on any atom is 0.413 e. The molecular formula is C20H27ClN2O6. The number of carbonyl (C=O) groups is 4. The third-order valence-electron chi connectivity index (χ3n) is 4.61. The standard InChI is InChI=1S/C20H27ClN2O6/c1-5-6-9-16(21)14(2)20(11-8-7-10-17(20)25)23(4)19(27)29-13-28-18(26)12-22-15(3)24/h5-6,9H,2,7-8,10-13H2,1,3-4H3,(H,22,24)/b6-5-,16-9+/t20-/m1/s1. The zero-order valence-electron chi connectivity index (χ0n) is 17.0. The molecule has 0 aliphatic heterocycles. The van der Waals surface area contributed by atoms with E-state index < -0.39 is 30.3 Å². The minimum absolute atomic E-state index is 0.178. The summed E-state index contributed by atoms with van der Waals surface area (Å²) in [5, 5.41) is 2.53. The molecule has 8 nitrogen and oxygen atoms in total. The van der Waals surface area contributed by atoms with Crippen LogP contribution in [0.4, 0.5) is 4.79 Å². The number of nitrogens with zero attached hydrogens (tertiary/aromatic N) is 1. The zero-order chi connectivity index (χ0) is 22.0. The number of ketones is 1. The smallest absolute Gasteiger partial charge is 0.413 e. The molecule has 1 rings (SSSR count). The summed E-state index contributed by atoms with van der Waals surface area (Å²) in [6, 6.07) is 0. The van der Waals surface area contributed by atoms with E-state index in [1.165, 1.54) is 14.0 Å². The first-order valence-electron chi connectivity index (χ1n) is 9.19. The summed E-state index contributed by atoms with van der Waals surface area (Å²) >= 11 is 6.33. The van der Waals surface area contributed by atoms with Crippen LogP contribution < -0.4 is 5.32 Å². The Morgan fingerprint density at radius 2 is 2.00 bits per heavy atom. The van der Waals surface area contributed by atoms with Crippen molar-refractivity contribution in [2.24, 2.45) is 0 Å². The lowest BCUT2D eigenvalue weighted by Gasteiger charge is -2.43. The van der Waals surface area contributed by atoms with Gasteiger partial charge in [-0.05, 0) is 37.8 Å². The highest BCUT2D eigenvalue weighted by Gasteiger charge is 2.49. The van der Waals surface area contributed by atoms with Crippen LogP contribution in [0.5, 0.6) is 0 Å². The molecule has 1 atom stereocenters. The fraction of sp³-hybridized carbons (Fsp3) is 0.500. The van der Waals surface area contributed by atoms with Crippen molar-refractivity contribution in [2.45, 2.75) is 45.1 Å². The summed E-state index contributed by atoms with van der Waals surface area (Å²) < 4.78 is 9.72. The van der Waals surface area contributed by atoms with Crippen molar-refractivity contribution in [3.8, 4) is 0 Å². The lowest BCUT2D eigenvalue weighted by Crippen LogP contribution is -2.58. The first kappa shape index (κ1) is 24.4. The minimum atomic E-state index is -1.33. The number of hydrogen-bond acceptors (Lipinski definition) is 6. The quantitative estimate of drug-likeness (QED) is 0.363. The summed E-state index contributed by atoms with van der Waals surface area (Å²) in [6.45, 7) is 6.06. The molecular weight excluding hydrogens is 400 g/mol. The van der Waals surface area contributed by atoms with Crippen molar-refractivity contribution in [3.63, 3.8) is 0 Å². The first-order chi connectivity index (χ1) is 13.7. The van der Waals surface area contributed by atoms with Gasteiger partial charge in [0.1, 0.15) is 12.1 Å². The van der Waals surface area contributed by atoms with Crippen LogP contribution in [-0.4, -0.2) is 54.6 Å². The molecule has 0 radical (unpaired) electrons. The Kier molecular flexibility index (Phi) is 9.61. The molecule has 0 aromatic rings. The van der Waals surface area contributed by atoms with Crippen LogP contribution in [-0.2, 0) is 23.9 Å². The van der Waals surface area contributed by atoms with Gasteiger partial charge in [0, 0.05) is 25.4 Å². The lowest BCUT2D eigenvalue weighted by molar-refractivity contribution is -0.153. The SMILES string of the molecule is C=C(/C(Cl)=C\C=C/C)[C@]1(N(C)C(=O)OCOC(=O)CNC(C)=O)CCCCC1=O. The lowest BCUT2D eigenvalue weighted by atomic mass is 9.74. The Morgan fingerprint density at radius 1 is 1.31 bits per heavy atom. The van der Waals surface area contributed by atoms with Crippen molar-refractivity contribution in [3.05, 3.63) is 35.4 Å². The van der Waals surface area contributed by atoms with Gasteiger partial charge in [-0.3, -0.25) is 19.3 Å². The molecule has 0 aromatic heterocycles. The average molecular weight is 427 g/mol. The molecule has 1 fully saturated rings. The predicted octanol–water partition coefficient (Wildman–Crippen LogP) is 2.83. The van der Waals surface area contributed by atoms with Crippen LogP contribution in [0.3, 0.4) is 0 Å². The third-order valence-corrected chi connectivity index (χ3v) is 4.96. The largest absolute Gasteiger partial charge is 0.426 e. The second kappa shape index (κ2) is 11.4. The van der Waals surface area contributed by atoms with Gasteiger partial charge in [0.15, 0.2) is 5.78 Å². The van der Waals surface area contributed by atoms with Gasteiger partial charge in [-0.25, -0.2) is 4.79 Å². The molecule has 9 heteroatoms. The minimum Gasteiger partial charge on any atom is -0.426 e. The van der Waals surface area contributed by atoms with E-state index in [2.05, 4.69) is 11.9 Å². The van der Waals surface area contributed by atoms with E-state index in [9.17, 15) is 19.2 Å². The molecule has 0 bridgehead atoms. The molecule has 0 unspecified atom stereocenters. The van der Waals surface area contributed by atoms with Crippen LogP contribution in [0.25, 0.3) is 0 Å². The average Bonchev–Trinajstić information content (AvgIpc) is 2.69. The molecule has 1 N–H and O–H groups in total. The molecule has 0 spiro atoms. The van der Waals surface area contributed by atoms with E-state index in [1.807, 2.05) is 6.92 Å². The molecule has 160 valence electrons. The molecule has 1 aliphatic rings. The number of carbonyl (C=O) groups excluding carboxylic acids is 4. The Morgan fingerprint density at radius 3 is 2.59 bits per heavy atom. The maximum absolute atomic E-state index is 12.9. The second-order valence-electron chi connectivity index (χ2n) is 6.52. The van der Waals surface area contributed by atoms with Crippen LogP contribution in [0.2, 0.25) is 0 Å². The van der Waals surface area contributed by atoms with Crippen LogP contribution >= 0.6 is 11.6 Å². The van der Waals surface area contributed by atoms with Gasteiger partial charge in [0.2, 0.25) is 12.7 Å². The van der Waals surface area contributed by atoms with Gasteiger partial charge in [0.25, 0.3) is 0 Å². The summed E-state index contributed by atoms with van der Waals surface area (Å²) in [5.74, 6) is -1.33. The number of likely N-dealkylation sites (N-methyl/N-ethyl adjacent to an activating group) is 1. The zero-order valence-corrected chi connectivity index (χ0v) is 17.7. The molecule has 0 aromatic carbocycles. The van der Waals surface area contributed by atoms with E-state index in [4.69, 9.17) is 21.1 Å². The van der Waals surface area contributed by atoms with Gasteiger partial charge in [-0.15, -0.1) is 0 Å². The number of nitrogens with one attached hydrogen (secondary N) is 1. The number of rotatable bonds is 8. The molecule has 29 heavy (non-hydrogen) atoms. The highest BCUT2D eigenvalue weighted by molar-refractivity contribution is 6.32. The molecule has 1 aliphatic carbocycles. The highest BCUT2D eigenvalue weighted by atomic mass is 35.5. The number of hydrogen-bond donors (Lipinski definition) is 1. The van der Waals surface area contributed by atoms with E-state index in [0.717, 1.165) is 4.90 Å². The second-order valence-corrected chi connectivity index (χ2v) is 6.93. The van der Waals surface area contributed by atoms with E-state index in [0.29, 0.717) is 24.8 Å². The number of ether oxygens (including phenoxy) is 2. The number of esters is 1.